The van der Waals surface area contributed by atoms with Crippen LogP contribution in [0, 0.1) is 5.82 Å². The van der Waals surface area contributed by atoms with Crippen molar-refractivity contribution in [1.82, 2.24) is 5.32 Å². The van der Waals surface area contributed by atoms with Crippen LogP contribution in [0.25, 0.3) is 0 Å². The highest BCUT2D eigenvalue weighted by Gasteiger charge is 2.19. The number of fused-ring (bicyclic) bond motifs is 1. The molecule has 4 nitrogen and oxygen atoms in total. The molecular weight excluding hydrogens is 295 g/mol. The molecule has 2 aromatic rings. The van der Waals surface area contributed by atoms with E-state index in [-0.39, 0.29) is 16.5 Å². The molecule has 1 heterocycles. The quantitative estimate of drug-likeness (QED) is 0.896. The van der Waals surface area contributed by atoms with Gasteiger partial charge < -0.3 is 10.6 Å². The highest BCUT2D eigenvalue weighted by atomic mass is 35.5. The summed E-state index contributed by atoms with van der Waals surface area (Å²) in [4.78, 5) is 23.7. The fourth-order valence-electron chi connectivity index (χ4n) is 2.16. The van der Waals surface area contributed by atoms with E-state index < -0.39 is 11.7 Å². The number of anilines is 1. The van der Waals surface area contributed by atoms with Crippen LogP contribution in [-0.2, 0) is 6.54 Å². The van der Waals surface area contributed by atoms with Crippen molar-refractivity contribution in [2.75, 3.05) is 5.32 Å². The van der Waals surface area contributed by atoms with Gasteiger partial charge in [-0.05, 0) is 35.9 Å². The van der Waals surface area contributed by atoms with Gasteiger partial charge in [0.1, 0.15) is 5.82 Å². The second-order valence-corrected chi connectivity index (χ2v) is 5.04. The first-order chi connectivity index (χ1) is 10.0. The zero-order valence-electron chi connectivity index (χ0n) is 10.7. The average Bonchev–Trinajstić information content (AvgIpc) is 2.80. The summed E-state index contributed by atoms with van der Waals surface area (Å²) in [6.45, 7) is 0.492. The Labute approximate surface area is 124 Å². The van der Waals surface area contributed by atoms with E-state index in [2.05, 4.69) is 10.6 Å². The van der Waals surface area contributed by atoms with Crippen molar-refractivity contribution in [2.45, 2.75) is 6.54 Å². The Morgan fingerprint density at radius 3 is 2.81 bits per heavy atom. The van der Waals surface area contributed by atoms with E-state index in [9.17, 15) is 14.0 Å². The third-order valence-corrected chi connectivity index (χ3v) is 3.54. The third-order valence-electron chi connectivity index (χ3n) is 3.23. The molecule has 3 rings (SSSR count). The van der Waals surface area contributed by atoms with Gasteiger partial charge in [0, 0.05) is 17.8 Å². The largest absolute Gasteiger partial charge is 0.348 e. The van der Waals surface area contributed by atoms with Gasteiger partial charge >= 0.3 is 0 Å². The molecule has 2 N–H and O–H groups in total. The second-order valence-electron chi connectivity index (χ2n) is 4.63. The number of hydrogen-bond acceptors (Lipinski definition) is 2. The molecule has 6 heteroatoms. The van der Waals surface area contributed by atoms with E-state index in [4.69, 9.17) is 11.6 Å². The molecule has 0 radical (unpaired) electrons. The number of halogens is 2. The fraction of sp³-hybridized carbons (Fsp3) is 0.0667. The van der Waals surface area contributed by atoms with Gasteiger partial charge in [-0.1, -0.05) is 17.7 Å². The topological polar surface area (TPSA) is 58.2 Å². The molecule has 1 aliphatic rings. The minimum Gasteiger partial charge on any atom is -0.348 e. The number of hydrogen-bond donors (Lipinski definition) is 2. The molecule has 0 aliphatic carbocycles. The van der Waals surface area contributed by atoms with Gasteiger partial charge in [0.25, 0.3) is 11.8 Å². The van der Waals surface area contributed by atoms with Crippen LogP contribution in [-0.4, -0.2) is 11.8 Å². The monoisotopic (exact) mass is 304 g/mol. The van der Waals surface area contributed by atoms with Crippen molar-refractivity contribution in [3.8, 4) is 0 Å². The maximum absolute atomic E-state index is 13.0. The maximum atomic E-state index is 13.0. The van der Waals surface area contributed by atoms with Crippen LogP contribution in [0.5, 0.6) is 0 Å². The molecule has 0 atom stereocenters. The maximum Gasteiger partial charge on any atom is 0.257 e. The Morgan fingerprint density at radius 2 is 2.05 bits per heavy atom. The molecule has 1 aliphatic heterocycles. The Balaban J connectivity index is 1.85. The zero-order chi connectivity index (χ0) is 15.0. The van der Waals surface area contributed by atoms with Crippen LogP contribution in [0.2, 0.25) is 5.02 Å². The normalized spacial score (nSPS) is 12.8. The Kier molecular flexibility index (Phi) is 3.35. The van der Waals surface area contributed by atoms with Gasteiger partial charge in [0.2, 0.25) is 0 Å². The molecule has 0 aromatic heterocycles. The number of rotatable bonds is 2. The number of carbonyl (C=O) groups excluding carboxylic acids is 2. The SMILES string of the molecule is O=C(Nc1ccc2c(c1)C(=O)NC2)c1ccc(F)cc1Cl. The summed E-state index contributed by atoms with van der Waals surface area (Å²) in [5.41, 5.74) is 2.08. The van der Waals surface area contributed by atoms with E-state index >= 15 is 0 Å². The highest BCUT2D eigenvalue weighted by molar-refractivity contribution is 6.34. The van der Waals surface area contributed by atoms with Crippen molar-refractivity contribution in [3.63, 3.8) is 0 Å². The summed E-state index contributed by atoms with van der Waals surface area (Å²) in [6.07, 6.45) is 0. The molecule has 0 bridgehead atoms. The first kappa shape index (κ1) is 13.6. The van der Waals surface area contributed by atoms with Crippen molar-refractivity contribution in [2.24, 2.45) is 0 Å². The van der Waals surface area contributed by atoms with Crippen LogP contribution in [0.3, 0.4) is 0 Å². The predicted molar refractivity (Wildman–Crippen MR) is 77.0 cm³/mol. The Morgan fingerprint density at radius 1 is 1.24 bits per heavy atom. The van der Waals surface area contributed by atoms with Gasteiger partial charge in [-0.25, -0.2) is 4.39 Å². The van der Waals surface area contributed by atoms with E-state index in [1.807, 2.05) is 0 Å². The molecule has 0 spiro atoms. The van der Waals surface area contributed by atoms with E-state index in [0.29, 0.717) is 17.8 Å². The lowest BCUT2D eigenvalue weighted by molar-refractivity contribution is 0.0964. The first-order valence-corrected chi connectivity index (χ1v) is 6.60. The Bertz CT molecular complexity index is 761. The summed E-state index contributed by atoms with van der Waals surface area (Å²) in [5.74, 6) is -1.13. The summed E-state index contributed by atoms with van der Waals surface area (Å²) in [6, 6.07) is 8.63. The van der Waals surface area contributed by atoms with E-state index in [0.717, 1.165) is 17.7 Å². The van der Waals surface area contributed by atoms with Crippen molar-refractivity contribution in [3.05, 3.63) is 63.9 Å². The minimum absolute atomic E-state index is 0.0337. The molecule has 2 aromatic carbocycles. The van der Waals surface area contributed by atoms with Crippen LogP contribution < -0.4 is 10.6 Å². The average molecular weight is 305 g/mol. The van der Waals surface area contributed by atoms with E-state index in [1.54, 1.807) is 18.2 Å². The zero-order valence-corrected chi connectivity index (χ0v) is 11.5. The van der Waals surface area contributed by atoms with Crippen LogP contribution >= 0.6 is 11.6 Å². The molecule has 0 fully saturated rings. The van der Waals surface area contributed by atoms with Gasteiger partial charge in [-0.15, -0.1) is 0 Å². The van der Waals surface area contributed by atoms with Crippen molar-refractivity contribution < 1.29 is 14.0 Å². The van der Waals surface area contributed by atoms with E-state index in [1.165, 1.54) is 6.07 Å². The summed E-state index contributed by atoms with van der Waals surface area (Å²) in [7, 11) is 0. The molecular formula is C15H10ClFN2O2. The highest BCUT2D eigenvalue weighted by Crippen LogP contribution is 2.22. The fourth-order valence-corrected chi connectivity index (χ4v) is 2.42. The number of amides is 2. The first-order valence-electron chi connectivity index (χ1n) is 6.22. The summed E-state index contributed by atoms with van der Waals surface area (Å²) in [5, 5.41) is 5.37. The predicted octanol–water partition coefficient (Wildman–Crippen LogP) is 2.97. The number of nitrogens with one attached hydrogen (secondary N) is 2. The summed E-state index contributed by atoms with van der Waals surface area (Å²) >= 11 is 5.84. The van der Waals surface area contributed by atoms with Crippen molar-refractivity contribution >= 4 is 29.1 Å². The Hall–Kier alpha value is -2.40. The smallest absolute Gasteiger partial charge is 0.257 e. The van der Waals surface area contributed by atoms with Gasteiger partial charge in [-0.3, -0.25) is 9.59 Å². The van der Waals surface area contributed by atoms with Crippen LogP contribution in [0.15, 0.2) is 36.4 Å². The third kappa shape index (κ3) is 2.60. The summed E-state index contributed by atoms with van der Waals surface area (Å²) < 4.78 is 13.0. The second kappa shape index (κ2) is 5.18. The van der Waals surface area contributed by atoms with Crippen LogP contribution in [0.4, 0.5) is 10.1 Å². The lowest BCUT2D eigenvalue weighted by Gasteiger charge is -2.08. The molecule has 106 valence electrons. The standard InChI is InChI=1S/C15H10ClFN2O2/c16-13-5-9(17)2-4-11(13)15(21)19-10-3-1-8-7-18-14(20)12(8)6-10/h1-6H,7H2,(H,18,20)(H,19,21). The van der Waals surface area contributed by atoms with Gasteiger partial charge in [-0.2, -0.15) is 0 Å². The minimum atomic E-state index is -0.509. The van der Waals surface area contributed by atoms with Crippen molar-refractivity contribution in [1.29, 1.82) is 0 Å². The molecule has 0 saturated carbocycles. The molecule has 0 unspecified atom stereocenters. The van der Waals surface area contributed by atoms with Gasteiger partial charge in [0.05, 0.1) is 10.6 Å². The lowest BCUT2D eigenvalue weighted by atomic mass is 10.1. The number of benzene rings is 2. The molecule has 2 amide bonds. The van der Waals surface area contributed by atoms with Crippen LogP contribution in [0.1, 0.15) is 26.3 Å². The van der Waals surface area contributed by atoms with Gasteiger partial charge in [0.15, 0.2) is 0 Å². The number of carbonyl (C=O) groups is 2. The lowest BCUT2D eigenvalue weighted by Crippen LogP contribution is -2.14. The molecule has 0 saturated heterocycles. The molecule has 21 heavy (non-hydrogen) atoms.